The van der Waals surface area contributed by atoms with Gasteiger partial charge in [-0.2, -0.15) is 0 Å². The van der Waals surface area contributed by atoms with Crippen molar-refractivity contribution in [2.24, 2.45) is 5.41 Å². The molecule has 0 N–H and O–H groups in total. The van der Waals surface area contributed by atoms with E-state index in [-0.39, 0.29) is 23.3 Å². The molecule has 1 aromatic carbocycles. The van der Waals surface area contributed by atoms with Crippen LogP contribution in [0.15, 0.2) is 18.2 Å². The van der Waals surface area contributed by atoms with E-state index in [9.17, 15) is 9.59 Å². The predicted molar refractivity (Wildman–Crippen MR) is 116 cm³/mol. The van der Waals surface area contributed by atoms with E-state index in [1.807, 2.05) is 9.80 Å². The van der Waals surface area contributed by atoms with Crippen molar-refractivity contribution in [3.8, 4) is 11.5 Å². The summed E-state index contributed by atoms with van der Waals surface area (Å²) in [4.78, 5) is 32.3. The lowest BCUT2D eigenvalue weighted by Gasteiger charge is -2.39. The second kappa shape index (κ2) is 9.04. The molecule has 0 aromatic heterocycles. The summed E-state index contributed by atoms with van der Waals surface area (Å²) < 4.78 is 16.0. The molecule has 3 heterocycles. The Balaban J connectivity index is 1.39. The lowest BCUT2D eigenvalue weighted by atomic mass is 9.76. The monoisotopic (exact) mass is 431 g/mol. The van der Waals surface area contributed by atoms with Gasteiger partial charge in [0.15, 0.2) is 0 Å². The number of nitrogens with zero attached hydrogens (tertiary/aromatic N) is 3. The molecule has 2 amide bonds. The van der Waals surface area contributed by atoms with Crippen molar-refractivity contribution in [2.45, 2.75) is 25.3 Å². The van der Waals surface area contributed by atoms with Crippen LogP contribution in [0.2, 0.25) is 0 Å². The van der Waals surface area contributed by atoms with Crippen LogP contribution in [-0.4, -0.2) is 99.8 Å². The fourth-order valence-corrected chi connectivity index (χ4v) is 5.23. The average Bonchev–Trinajstić information content (AvgIpc) is 3.14. The fraction of sp³-hybridized carbons (Fsp3) is 0.652. The highest BCUT2D eigenvalue weighted by atomic mass is 16.5. The van der Waals surface area contributed by atoms with E-state index in [4.69, 9.17) is 14.2 Å². The SMILES string of the molecule is COc1ccc(C(=O)N2CCC3(CC2)CC(C(=O)N2CCOCC2)N(C)C3)c(OC)c1. The number of carbonyl (C=O) groups is 2. The number of rotatable bonds is 4. The maximum atomic E-state index is 13.1. The van der Waals surface area contributed by atoms with Gasteiger partial charge >= 0.3 is 0 Å². The predicted octanol–water partition coefficient (Wildman–Crippen LogP) is 1.49. The molecule has 1 unspecified atom stereocenters. The zero-order chi connectivity index (χ0) is 22.0. The first-order chi connectivity index (χ1) is 15.0. The Morgan fingerprint density at radius 3 is 2.39 bits per heavy atom. The Labute approximate surface area is 184 Å². The van der Waals surface area contributed by atoms with Gasteiger partial charge < -0.3 is 24.0 Å². The van der Waals surface area contributed by atoms with Crippen LogP contribution in [-0.2, 0) is 9.53 Å². The summed E-state index contributed by atoms with van der Waals surface area (Å²) in [5, 5.41) is 0. The van der Waals surface area contributed by atoms with Gasteiger partial charge in [0, 0.05) is 38.8 Å². The summed E-state index contributed by atoms with van der Waals surface area (Å²) >= 11 is 0. The van der Waals surface area contributed by atoms with Gasteiger partial charge in [0.25, 0.3) is 5.91 Å². The van der Waals surface area contributed by atoms with Crippen LogP contribution in [0.25, 0.3) is 0 Å². The first kappa shape index (κ1) is 21.9. The molecule has 0 radical (unpaired) electrons. The van der Waals surface area contributed by atoms with Gasteiger partial charge in [0.05, 0.1) is 39.0 Å². The van der Waals surface area contributed by atoms with Crippen molar-refractivity contribution in [3.05, 3.63) is 23.8 Å². The van der Waals surface area contributed by atoms with Crippen molar-refractivity contribution in [2.75, 3.05) is 67.2 Å². The summed E-state index contributed by atoms with van der Waals surface area (Å²) in [6.07, 6.45) is 2.69. The number of morpholine rings is 1. The van der Waals surface area contributed by atoms with Gasteiger partial charge in [0.1, 0.15) is 11.5 Å². The molecular formula is C23H33N3O5. The Morgan fingerprint density at radius 1 is 1.03 bits per heavy atom. The van der Waals surface area contributed by atoms with Crippen molar-refractivity contribution in [1.29, 1.82) is 0 Å². The third kappa shape index (κ3) is 4.36. The van der Waals surface area contributed by atoms with Crippen molar-refractivity contribution >= 4 is 11.8 Å². The number of likely N-dealkylation sites (N-methyl/N-ethyl adjacent to an activating group) is 1. The van der Waals surface area contributed by atoms with Gasteiger partial charge in [-0.1, -0.05) is 0 Å². The van der Waals surface area contributed by atoms with E-state index >= 15 is 0 Å². The molecule has 170 valence electrons. The maximum Gasteiger partial charge on any atom is 0.257 e. The fourth-order valence-electron chi connectivity index (χ4n) is 5.23. The minimum absolute atomic E-state index is 0.0124. The quantitative estimate of drug-likeness (QED) is 0.719. The zero-order valence-corrected chi connectivity index (χ0v) is 18.8. The number of amides is 2. The Kier molecular flexibility index (Phi) is 6.39. The summed E-state index contributed by atoms with van der Waals surface area (Å²) in [7, 11) is 5.21. The van der Waals surface area contributed by atoms with Gasteiger partial charge in [-0.3, -0.25) is 14.5 Å². The van der Waals surface area contributed by atoms with Crippen LogP contribution in [0.4, 0.5) is 0 Å². The Bertz CT molecular complexity index is 815. The molecule has 4 rings (SSSR count). The van der Waals surface area contributed by atoms with E-state index in [0.29, 0.717) is 56.5 Å². The minimum Gasteiger partial charge on any atom is -0.497 e. The van der Waals surface area contributed by atoms with Crippen molar-refractivity contribution < 1.29 is 23.8 Å². The standard InChI is InChI=1S/C23H33N3O5/c1-24-16-23(15-19(24)22(28)26-10-12-31-13-11-26)6-8-25(9-7-23)21(27)18-5-4-17(29-2)14-20(18)30-3/h4-5,14,19H,6-13,15-16H2,1-3H3. The van der Waals surface area contributed by atoms with E-state index in [1.165, 1.54) is 0 Å². The molecule has 1 spiro atoms. The smallest absolute Gasteiger partial charge is 0.257 e. The first-order valence-corrected chi connectivity index (χ1v) is 11.0. The number of ether oxygens (including phenoxy) is 3. The summed E-state index contributed by atoms with van der Waals surface area (Å²) in [5.74, 6) is 1.41. The number of hydrogen-bond acceptors (Lipinski definition) is 6. The van der Waals surface area contributed by atoms with Crippen LogP contribution in [0.5, 0.6) is 11.5 Å². The molecule has 8 nitrogen and oxygen atoms in total. The normalized spacial score (nSPS) is 23.8. The second-order valence-electron chi connectivity index (χ2n) is 8.93. The number of hydrogen-bond donors (Lipinski definition) is 0. The third-order valence-corrected chi connectivity index (χ3v) is 7.10. The maximum absolute atomic E-state index is 13.1. The molecule has 3 aliphatic rings. The second-order valence-corrected chi connectivity index (χ2v) is 8.93. The van der Waals surface area contributed by atoms with E-state index < -0.39 is 0 Å². The van der Waals surface area contributed by atoms with Crippen LogP contribution >= 0.6 is 0 Å². The van der Waals surface area contributed by atoms with Crippen LogP contribution < -0.4 is 9.47 Å². The summed E-state index contributed by atoms with van der Waals surface area (Å²) in [6, 6.07) is 5.23. The van der Waals surface area contributed by atoms with E-state index in [1.54, 1.807) is 32.4 Å². The van der Waals surface area contributed by atoms with Crippen LogP contribution in [0.1, 0.15) is 29.6 Å². The molecule has 3 fully saturated rings. The molecule has 1 aromatic rings. The van der Waals surface area contributed by atoms with Gasteiger partial charge in [-0.05, 0) is 43.9 Å². The van der Waals surface area contributed by atoms with Gasteiger partial charge in [0.2, 0.25) is 5.91 Å². The largest absolute Gasteiger partial charge is 0.497 e. The zero-order valence-electron chi connectivity index (χ0n) is 18.8. The van der Waals surface area contributed by atoms with E-state index in [0.717, 1.165) is 25.8 Å². The van der Waals surface area contributed by atoms with Gasteiger partial charge in [-0.25, -0.2) is 0 Å². The van der Waals surface area contributed by atoms with Gasteiger partial charge in [-0.15, -0.1) is 0 Å². The minimum atomic E-state index is -0.0676. The number of methoxy groups -OCH3 is 2. The number of benzene rings is 1. The Morgan fingerprint density at radius 2 is 1.74 bits per heavy atom. The Hall–Kier alpha value is -2.32. The summed E-state index contributed by atoms with van der Waals surface area (Å²) in [6.45, 7) is 4.91. The highest BCUT2D eigenvalue weighted by Crippen LogP contribution is 2.43. The average molecular weight is 432 g/mol. The van der Waals surface area contributed by atoms with Crippen molar-refractivity contribution in [1.82, 2.24) is 14.7 Å². The third-order valence-electron chi connectivity index (χ3n) is 7.10. The van der Waals surface area contributed by atoms with Crippen LogP contribution in [0.3, 0.4) is 0 Å². The lowest BCUT2D eigenvalue weighted by molar-refractivity contribution is -0.139. The number of carbonyl (C=O) groups excluding carboxylic acids is 2. The molecule has 3 saturated heterocycles. The van der Waals surface area contributed by atoms with Crippen molar-refractivity contribution in [3.63, 3.8) is 0 Å². The van der Waals surface area contributed by atoms with E-state index in [2.05, 4.69) is 11.9 Å². The molecule has 1 atom stereocenters. The molecule has 31 heavy (non-hydrogen) atoms. The molecule has 0 aliphatic carbocycles. The van der Waals surface area contributed by atoms with Crippen LogP contribution in [0, 0.1) is 5.41 Å². The summed E-state index contributed by atoms with van der Waals surface area (Å²) in [5.41, 5.74) is 0.658. The molecule has 0 bridgehead atoms. The molecular weight excluding hydrogens is 398 g/mol. The topological polar surface area (TPSA) is 71.5 Å². The lowest BCUT2D eigenvalue weighted by Crippen LogP contribution is -2.48. The number of likely N-dealkylation sites (tertiary alicyclic amines) is 2. The highest BCUT2D eigenvalue weighted by Gasteiger charge is 2.48. The molecule has 8 heteroatoms. The highest BCUT2D eigenvalue weighted by molar-refractivity contribution is 5.97. The number of piperidine rings is 1. The molecule has 3 aliphatic heterocycles. The first-order valence-electron chi connectivity index (χ1n) is 11.0. The molecule has 0 saturated carbocycles.